The average molecular weight is 226 g/mol. The van der Waals surface area contributed by atoms with Crippen molar-refractivity contribution in [3.63, 3.8) is 0 Å². The van der Waals surface area contributed by atoms with E-state index in [4.69, 9.17) is 0 Å². The van der Waals surface area contributed by atoms with Gasteiger partial charge in [-0.05, 0) is 31.6 Å². The molecule has 0 aliphatic carbocycles. The Morgan fingerprint density at radius 3 is 1.94 bits per heavy atom. The van der Waals surface area contributed by atoms with E-state index >= 15 is 0 Å². The number of carbonyl (C=O) groups is 1. The predicted molar refractivity (Wildman–Crippen MR) is 62.2 cm³/mol. The molecule has 2 amide bonds. The first-order valence-corrected chi connectivity index (χ1v) is 6.38. The van der Waals surface area contributed by atoms with Crippen molar-refractivity contribution in [3.8, 4) is 0 Å². The quantitative estimate of drug-likeness (QED) is 0.676. The molecule has 16 heavy (non-hydrogen) atoms. The van der Waals surface area contributed by atoms with Crippen molar-refractivity contribution in [2.75, 3.05) is 26.2 Å². The summed E-state index contributed by atoms with van der Waals surface area (Å²) in [5.74, 6) is 0.757. The molecule has 0 radical (unpaired) electrons. The summed E-state index contributed by atoms with van der Waals surface area (Å²) >= 11 is 0. The molecule has 92 valence electrons. The van der Waals surface area contributed by atoms with Crippen LogP contribution in [0.2, 0.25) is 0 Å². The molecule has 1 N–H and O–H groups in total. The van der Waals surface area contributed by atoms with E-state index in [1.165, 1.54) is 0 Å². The fourth-order valence-electron chi connectivity index (χ4n) is 2.46. The predicted octanol–water partition coefficient (Wildman–Crippen LogP) is 1.30. The zero-order valence-corrected chi connectivity index (χ0v) is 10.1. The van der Waals surface area contributed by atoms with Crippen LogP contribution in [-0.4, -0.2) is 53.2 Å². The minimum Gasteiger partial charge on any atom is -0.393 e. The van der Waals surface area contributed by atoms with Crippen LogP contribution in [0.5, 0.6) is 0 Å². The second kappa shape index (κ2) is 5.04. The normalized spacial score (nSPS) is 24.9. The maximum absolute atomic E-state index is 12.1. The summed E-state index contributed by atoms with van der Waals surface area (Å²) < 4.78 is 0. The molecular formula is C12H22N2O2. The minimum atomic E-state index is -0.203. The molecule has 2 rings (SSSR count). The number of aliphatic hydroxyl groups excluding tert-OH is 1. The molecule has 0 atom stereocenters. The third-order valence-corrected chi connectivity index (χ3v) is 3.79. The van der Waals surface area contributed by atoms with Crippen molar-refractivity contribution < 1.29 is 9.90 Å². The van der Waals surface area contributed by atoms with Gasteiger partial charge >= 0.3 is 6.03 Å². The van der Waals surface area contributed by atoms with Crippen LogP contribution >= 0.6 is 0 Å². The van der Waals surface area contributed by atoms with Crippen LogP contribution in [0.1, 0.15) is 32.6 Å². The van der Waals surface area contributed by atoms with Gasteiger partial charge in [0.25, 0.3) is 0 Å². The Morgan fingerprint density at radius 1 is 1.00 bits per heavy atom. The fourth-order valence-corrected chi connectivity index (χ4v) is 2.46. The van der Waals surface area contributed by atoms with Crippen LogP contribution in [0, 0.1) is 5.92 Å². The van der Waals surface area contributed by atoms with Gasteiger partial charge in [-0.2, -0.15) is 0 Å². The number of amides is 2. The summed E-state index contributed by atoms with van der Waals surface area (Å²) in [6.07, 6.45) is 3.52. The summed E-state index contributed by atoms with van der Waals surface area (Å²) in [5.41, 5.74) is 0. The summed E-state index contributed by atoms with van der Waals surface area (Å²) in [5, 5.41) is 9.40. The molecule has 2 fully saturated rings. The van der Waals surface area contributed by atoms with Gasteiger partial charge in [0, 0.05) is 26.2 Å². The van der Waals surface area contributed by atoms with Crippen LogP contribution in [-0.2, 0) is 0 Å². The van der Waals surface area contributed by atoms with E-state index in [9.17, 15) is 9.90 Å². The Hall–Kier alpha value is -0.770. The van der Waals surface area contributed by atoms with Crippen LogP contribution in [0.25, 0.3) is 0 Å². The molecule has 2 heterocycles. The van der Waals surface area contributed by atoms with Crippen molar-refractivity contribution in [2.45, 2.75) is 38.7 Å². The van der Waals surface area contributed by atoms with Crippen LogP contribution in [0.15, 0.2) is 0 Å². The zero-order valence-electron chi connectivity index (χ0n) is 10.1. The van der Waals surface area contributed by atoms with E-state index in [1.807, 2.05) is 9.80 Å². The second-order valence-corrected chi connectivity index (χ2v) is 5.17. The topological polar surface area (TPSA) is 43.8 Å². The highest BCUT2D eigenvalue weighted by Gasteiger charge is 2.27. The van der Waals surface area contributed by atoms with E-state index in [2.05, 4.69) is 6.92 Å². The van der Waals surface area contributed by atoms with Crippen molar-refractivity contribution in [3.05, 3.63) is 0 Å². The number of hydrogen-bond donors (Lipinski definition) is 1. The minimum absolute atomic E-state index is 0.179. The van der Waals surface area contributed by atoms with Gasteiger partial charge in [-0.3, -0.25) is 0 Å². The maximum Gasteiger partial charge on any atom is 0.320 e. The fraction of sp³-hybridized carbons (Fsp3) is 0.917. The number of carbonyl (C=O) groups excluding carboxylic acids is 1. The lowest BCUT2D eigenvalue weighted by molar-refractivity contribution is 0.0765. The molecule has 0 aromatic carbocycles. The summed E-state index contributed by atoms with van der Waals surface area (Å²) in [6, 6.07) is 0.179. The first-order valence-electron chi connectivity index (χ1n) is 6.38. The molecule has 2 aliphatic rings. The third kappa shape index (κ3) is 2.67. The molecule has 0 spiro atoms. The third-order valence-electron chi connectivity index (χ3n) is 3.79. The van der Waals surface area contributed by atoms with Gasteiger partial charge in [0.15, 0.2) is 0 Å². The van der Waals surface area contributed by atoms with E-state index in [1.54, 1.807) is 0 Å². The Morgan fingerprint density at radius 2 is 1.44 bits per heavy atom. The number of piperidine rings is 2. The molecular weight excluding hydrogens is 204 g/mol. The van der Waals surface area contributed by atoms with Gasteiger partial charge in [0.05, 0.1) is 6.10 Å². The van der Waals surface area contributed by atoms with Crippen molar-refractivity contribution in [1.29, 1.82) is 0 Å². The van der Waals surface area contributed by atoms with Crippen LogP contribution in [0.3, 0.4) is 0 Å². The number of aliphatic hydroxyl groups is 1. The average Bonchev–Trinajstić information content (AvgIpc) is 2.30. The van der Waals surface area contributed by atoms with Crippen molar-refractivity contribution in [2.24, 2.45) is 5.92 Å². The van der Waals surface area contributed by atoms with Gasteiger partial charge in [-0.25, -0.2) is 4.79 Å². The zero-order chi connectivity index (χ0) is 11.5. The number of rotatable bonds is 0. The largest absolute Gasteiger partial charge is 0.393 e. The molecule has 0 aromatic heterocycles. The van der Waals surface area contributed by atoms with E-state index in [0.29, 0.717) is 13.1 Å². The summed E-state index contributed by atoms with van der Waals surface area (Å²) in [7, 11) is 0. The standard InChI is InChI=1S/C12H22N2O2/c1-10-2-6-13(7-3-10)12(16)14-8-4-11(15)5-9-14/h10-11,15H,2-9H2,1H3. The van der Waals surface area contributed by atoms with Crippen LogP contribution in [0.4, 0.5) is 4.79 Å². The Kier molecular flexibility index (Phi) is 3.69. The maximum atomic E-state index is 12.1. The first kappa shape index (κ1) is 11.7. The number of hydrogen-bond acceptors (Lipinski definition) is 2. The van der Waals surface area contributed by atoms with Gasteiger partial charge in [-0.15, -0.1) is 0 Å². The Labute approximate surface area is 97.2 Å². The molecule has 4 nitrogen and oxygen atoms in total. The van der Waals surface area contributed by atoms with Gasteiger partial charge in [0.2, 0.25) is 0 Å². The van der Waals surface area contributed by atoms with Gasteiger partial charge in [-0.1, -0.05) is 6.92 Å². The van der Waals surface area contributed by atoms with Crippen molar-refractivity contribution >= 4 is 6.03 Å². The first-order chi connectivity index (χ1) is 7.66. The smallest absolute Gasteiger partial charge is 0.320 e. The van der Waals surface area contributed by atoms with E-state index in [0.717, 1.165) is 44.7 Å². The molecule has 0 saturated carbocycles. The number of urea groups is 1. The molecule has 2 aliphatic heterocycles. The van der Waals surface area contributed by atoms with Crippen LogP contribution < -0.4 is 0 Å². The second-order valence-electron chi connectivity index (χ2n) is 5.17. The highest BCUT2D eigenvalue weighted by molar-refractivity contribution is 5.74. The monoisotopic (exact) mass is 226 g/mol. The molecule has 0 unspecified atom stereocenters. The van der Waals surface area contributed by atoms with Gasteiger partial charge < -0.3 is 14.9 Å². The van der Waals surface area contributed by atoms with Crippen molar-refractivity contribution in [1.82, 2.24) is 9.80 Å². The van der Waals surface area contributed by atoms with Gasteiger partial charge in [0.1, 0.15) is 0 Å². The molecule has 0 aromatic rings. The van der Waals surface area contributed by atoms with E-state index in [-0.39, 0.29) is 12.1 Å². The molecule has 4 heteroatoms. The highest BCUT2D eigenvalue weighted by atomic mass is 16.3. The Balaban J connectivity index is 1.83. The number of likely N-dealkylation sites (tertiary alicyclic amines) is 2. The lowest BCUT2D eigenvalue weighted by atomic mass is 9.99. The van der Waals surface area contributed by atoms with E-state index < -0.39 is 0 Å². The number of nitrogens with zero attached hydrogens (tertiary/aromatic N) is 2. The summed E-state index contributed by atoms with van der Waals surface area (Å²) in [4.78, 5) is 16.0. The lowest BCUT2D eigenvalue weighted by Gasteiger charge is -2.37. The summed E-state index contributed by atoms with van der Waals surface area (Å²) in [6.45, 7) is 5.48. The highest BCUT2D eigenvalue weighted by Crippen LogP contribution is 2.19. The SMILES string of the molecule is CC1CCN(C(=O)N2CCC(O)CC2)CC1. The Bertz CT molecular complexity index is 217. The molecule has 0 bridgehead atoms. The molecule has 2 saturated heterocycles. The lowest BCUT2D eigenvalue weighted by Crippen LogP contribution is -2.49.